The van der Waals surface area contributed by atoms with Gasteiger partial charge in [0.05, 0.1) is 11.0 Å². The summed E-state index contributed by atoms with van der Waals surface area (Å²) in [5.74, 6) is -0.306. The van der Waals surface area contributed by atoms with Crippen LogP contribution in [0.15, 0.2) is 48.5 Å². The maximum absolute atomic E-state index is 13.4. The first kappa shape index (κ1) is 23.1. The summed E-state index contributed by atoms with van der Waals surface area (Å²) < 4.78 is 45.2. The fraction of sp³-hybridized carbons (Fsp3) is 0.458. The normalized spacial score (nSPS) is 16.2. The van der Waals surface area contributed by atoms with Crippen molar-refractivity contribution in [2.75, 3.05) is 30.0 Å². The van der Waals surface area contributed by atoms with Gasteiger partial charge in [-0.05, 0) is 69.5 Å². The molecule has 1 aliphatic rings. The van der Waals surface area contributed by atoms with Crippen molar-refractivity contribution in [1.29, 1.82) is 0 Å². The van der Waals surface area contributed by atoms with Crippen molar-refractivity contribution in [3.05, 3.63) is 59.7 Å². The first-order chi connectivity index (χ1) is 14.7. The average Bonchev–Trinajstić information content (AvgIpc) is 2.75. The number of carbonyl (C=O) groups excluding carboxylic acids is 1. The van der Waals surface area contributed by atoms with Gasteiger partial charge in [0.1, 0.15) is 0 Å². The van der Waals surface area contributed by atoms with Crippen LogP contribution in [0.5, 0.6) is 0 Å². The fourth-order valence-corrected chi connectivity index (χ4v) is 4.19. The minimum atomic E-state index is -4.46. The highest BCUT2D eigenvalue weighted by atomic mass is 19.4. The van der Waals surface area contributed by atoms with Crippen LogP contribution in [0.1, 0.15) is 44.7 Å². The van der Waals surface area contributed by atoms with E-state index in [1.54, 1.807) is 6.07 Å². The molecule has 0 saturated carbocycles. The van der Waals surface area contributed by atoms with E-state index >= 15 is 0 Å². The van der Waals surface area contributed by atoms with E-state index in [9.17, 15) is 18.0 Å². The molecule has 1 saturated heterocycles. The van der Waals surface area contributed by atoms with E-state index < -0.39 is 17.2 Å². The maximum atomic E-state index is 13.4. The number of ether oxygens (including phenoxy) is 1. The Morgan fingerprint density at radius 3 is 2.32 bits per heavy atom. The molecule has 2 aromatic carbocycles. The highest BCUT2D eigenvalue weighted by Gasteiger charge is 2.43. The highest BCUT2D eigenvalue weighted by molar-refractivity contribution is 5.99. The molecule has 3 rings (SSSR count). The van der Waals surface area contributed by atoms with Crippen molar-refractivity contribution in [3.63, 3.8) is 0 Å². The van der Waals surface area contributed by atoms with Crippen LogP contribution in [0.25, 0.3) is 0 Å². The van der Waals surface area contributed by atoms with Crippen molar-refractivity contribution in [2.24, 2.45) is 0 Å². The second-order valence-corrected chi connectivity index (χ2v) is 8.15. The predicted molar refractivity (Wildman–Crippen MR) is 116 cm³/mol. The summed E-state index contributed by atoms with van der Waals surface area (Å²) in [6.45, 7) is 7.82. The smallest absolute Gasteiger partial charge is 0.381 e. The molecule has 1 amide bonds. The van der Waals surface area contributed by atoms with Gasteiger partial charge >= 0.3 is 6.18 Å². The molecule has 0 aliphatic carbocycles. The molecular formula is C24H29F3N2O2. The number of hydrogen-bond donors (Lipinski definition) is 1. The molecule has 0 unspecified atom stereocenters. The van der Waals surface area contributed by atoms with Crippen molar-refractivity contribution >= 4 is 17.3 Å². The number of amides is 1. The standard InChI is InChI=1S/C24H29F3N2O2/c1-4-29(17(2)3)21-10-8-20(9-11-21)28-22(30)23(12-14-31-15-13-23)18-6-5-7-19(16-18)24(25,26)27/h5-11,16-17H,4,12-15H2,1-3H3,(H,28,30). The van der Waals surface area contributed by atoms with Gasteiger partial charge in [-0.15, -0.1) is 0 Å². The Bertz CT molecular complexity index is 888. The van der Waals surface area contributed by atoms with Gasteiger partial charge in [0, 0.05) is 37.2 Å². The molecule has 168 valence electrons. The van der Waals surface area contributed by atoms with Crippen LogP contribution in [0.4, 0.5) is 24.5 Å². The third kappa shape index (κ3) is 5.03. The minimum absolute atomic E-state index is 0.306. The van der Waals surface area contributed by atoms with Gasteiger partial charge < -0.3 is 15.0 Å². The van der Waals surface area contributed by atoms with Crippen molar-refractivity contribution < 1.29 is 22.7 Å². The summed E-state index contributed by atoms with van der Waals surface area (Å²) in [5, 5.41) is 2.93. The molecule has 0 spiro atoms. The maximum Gasteiger partial charge on any atom is 0.416 e. The van der Waals surface area contributed by atoms with Crippen LogP contribution in [-0.2, 0) is 21.1 Å². The lowest BCUT2D eigenvalue weighted by molar-refractivity contribution is -0.138. The molecule has 1 heterocycles. The highest BCUT2D eigenvalue weighted by Crippen LogP contribution is 2.39. The Morgan fingerprint density at radius 1 is 1.13 bits per heavy atom. The van der Waals surface area contributed by atoms with Crippen LogP contribution in [0.2, 0.25) is 0 Å². The van der Waals surface area contributed by atoms with E-state index in [1.807, 2.05) is 24.3 Å². The molecule has 0 aromatic heterocycles. The zero-order chi connectivity index (χ0) is 22.6. The van der Waals surface area contributed by atoms with Crippen molar-refractivity contribution in [3.8, 4) is 0 Å². The van der Waals surface area contributed by atoms with Crippen LogP contribution < -0.4 is 10.2 Å². The van der Waals surface area contributed by atoms with Gasteiger partial charge in [-0.3, -0.25) is 4.79 Å². The van der Waals surface area contributed by atoms with E-state index in [1.165, 1.54) is 6.07 Å². The Balaban J connectivity index is 1.88. The summed E-state index contributed by atoms with van der Waals surface area (Å²) in [6.07, 6.45) is -3.80. The fourth-order valence-electron chi connectivity index (χ4n) is 4.19. The number of nitrogens with one attached hydrogen (secondary N) is 1. The molecule has 7 heteroatoms. The monoisotopic (exact) mass is 434 g/mol. The number of anilines is 2. The number of benzene rings is 2. The van der Waals surface area contributed by atoms with Gasteiger partial charge in [-0.2, -0.15) is 13.2 Å². The summed E-state index contributed by atoms with van der Waals surface area (Å²) in [7, 11) is 0. The quantitative estimate of drug-likeness (QED) is 0.641. The molecule has 0 atom stereocenters. The SMILES string of the molecule is CCN(c1ccc(NC(=O)C2(c3cccc(C(F)(F)F)c3)CCOCC2)cc1)C(C)C. The molecule has 31 heavy (non-hydrogen) atoms. The second-order valence-electron chi connectivity index (χ2n) is 8.15. The van der Waals surface area contributed by atoms with E-state index in [4.69, 9.17) is 4.74 Å². The van der Waals surface area contributed by atoms with E-state index in [0.29, 0.717) is 43.3 Å². The third-order valence-corrected chi connectivity index (χ3v) is 5.94. The van der Waals surface area contributed by atoms with Crippen LogP contribution >= 0.6 is 0 Å². The van der Waals surface area contributed by atoms with Crippen LogP contribution in [0, 0.1) is 0 Å². The number of rotatable bonds is 6. The summed E-state index contributed by atoms with van der Waals surface area (Å²) in [6, 6.07) is 13.0. The van der Waals surface area contributed by atoms with Crippen LogP contribution in [-0.4, -0.2) is 31.7 Å². The van der Waals surface area contributed by atoms with Gasteiger partial charge in [-0.25, -0.2) is 0 Å². The molecular weight excluding hydrogens is 405 g/mol. The van der Waals surface area contributed by atoms with E-state index in [0.717, 1.165) is 24.4 Å². The molecule has 1 N–H and O–H groups in total. The van der Waals surface area contributed by atoms with E-state index in [-0.39, 0.29) is 5.91 Å². The number of nitrogens with zero attached hydrogens (tertiary/aromatic N) is 1. The Hall–Kier alpha value is -2.54. The Labute approximate surface area is 181 Å². The largest absolute Gasteiger partial charge is 0.416 e. The zero-order valence-corrected chi connectivity index (χ0v) is 18.1. The molecule has 4 nitrogen and oxygen atoms in total. The van der Waals surface area contributed by atoms with Crippen molar-refractivity contribution in [2.45, 2.75) is 51.2 Å². The zero-order valence-electron chi connectivity index (χ0n) is 18.1. The molecule has 1 aliphatic heterocycles. The molecule has 0 radical (unpaired) electrons. The first-order valence-electron chi connectivity index (χ1n) is 10.6. The molecule has 2 aromatic rings. The average molecular weight is 435 g/mol. The number of alkyl halides is 3. The lowest BCUT2D eigenvalue weighted by Crippen LogP contribution is -2.45. The lowest BCUT2D eigenvalue weighted by atomic mass is 9.73. The summed E-state index contributed by atoms with van der Waals surface area (Å²) in [5.41, 5.74) is 0.226. The van der Waals surface area contributed by atoms with Gasteiger partial charge in [0.2, 0.25) is 5.91 Å². The predicted octanol–water partition coefficient (Wildman–Crippen LogP) is 5.63. The van der Waals surface area contributed by atoms with Crippen molar-refractivity contribution in [1.82, 2.24) is 0 Å². The summed E-state index contributed by atoms with van der Waals surface area (Å²) >= 11 is 0. The van der Waals surface area contributed by atoms with Gasteiger partial charge in [0.15, 0.2) is 0 Å². The Morgan fingerprint density at radius 2 is 1.77 bits per heavy atom. The van der Waals surface area contributed by atoms with Crippen LogP contribution in [0.3, 0.4) is 0 Å². The first-order valence-corrected chi connectivity index (χ1v) is 10.6. The molecule has 0 bridgehead atoms. The number of carbonyl (C=O) groups is 1. The summed E-state index contributed by atoms with van der Waals surface area (Å²) in [4.78, 5) is 15.6. The minimum Gasteiger partial charge on any atom is -0.381 e. The molecule has 1 fully saturated rings. The lowest BCUT2D eigenvalue weighted by Gasteiger charge is -2.36. The topological polar surface area (TPSA) is 41.6 Å². The van der Waals surface area contributed by atoms with Gasteiger partial charge in [-0.1, -0.05) is 18.2 Å². The number of hydrogen-bond acceptors (Lipinski definition) is 3. The second kappa shape index (κ2) is 9.30. The Kier molecular flexibility index (Phi) is 6.94. The third-order valence-electron chi connectivity index (χ3n) is 5.94. The van der Waals surface area contributed by atoms with Gasteiger partial charge in [0.25, 0.3) is 0 Å². The van der Waals surface area contributed by atoms with E-state index in [2.05, 4.69) is 31.0 Å². The number of halogens is 3.